The van der Waals surface area contributed by atoms with Gasteiger partial charge in [0, 0.05) is 0 Å². The minimum Gasteiger partial charge on any atom is -0.465 e. The molecule has 0 spiro atoms. The minimum atomic E-state index is -4.60. The lowest BCUT2D eigenvalue weighted by Gasteiger charge is -2.17. The maximum atomic E-state index is 13.2. The molecule has 0 aliphatic heterocycles. The molecule has 10 nitrogen and oxygen atoms in total. The highest BCUT2D eigenvalue weighted by atomic mass is 32.2. The fraction of sp³-hybridized carbons (Fsp3) is 0.364. The number of esters is 2. The van der Waals surface area contributed by atoms with E-state index in [9.17, 15) is 31.0 Å². The molecule has 0 unspecified atom stereocenters. The molecule has 2 rings (SSSR count). The fourth-order valence-electron chi connectivity index (χ4n) is 3.26. The molecule has 0 heterocycles. The third-order valence-corrected chi connectivity index (χ3v) is 6.81. The number of methoxy groups -OCH3 is 2. The summed E-state index contributed by atoms with van der Waals surface area (Å²) in [4.78, 5) is 23.2. The second-order valence-electron chi connectivity index (χ2n) is 7.31. The zero-order chi connectivity index (χ0) is 25.7. The number of carbonyl (C=O) groups is 2. The van der Waals surface area contributed by atoms with Crippen molar-refractivity contribution in [2.24, 2.45) is 0 Å². The van der Waals surface area contributed by atoms with Crippen molar-refractivity contribution in [2.45, 2.75) is 49.3 Å². The van der Waals surface area contributed by atoms with Crippen LogP contribution in [0.1, 0.15) is 58.5 Å². The van der Waals surface area contributed by atoms with Crippen molar-refractivity contribution < 1.29 is 44.6 Å². The van der Waals surface area contributed by atoms with Crippen LogP contribution < -0.4 is 4.18 Å². The van der Waals surface area contributed by atoms with Crippen LogP contribution in [0.5, 0.6) is 5.75 Å². The first-order valence-electron chi connectivity index (χ1n) is 10.3. The van der Waals surface area contributed by atoms with Gasteiger partial charge in [-0.2, -0.15) is 16.8 Å². The van der Waals surface area contributed by atoms with E-state index in [-0.39, 0.29) is 45.7 Å². The van der Waals surface area contributed by atoms with Crippen LogP contribution in [0.4, 0.5) is 0 Å². The lowest BCUT2D eigenvalue weighted by molar-refractivity contribution is 0.0598. The number of hydrogen-bond acceptors (Lipinski definition) is 9. The highest BCUT2D eigenvalue weighted by molar-refractivity contribution is 7.87. The summed E-state index contributed by atoms with van der Waals surface area (Å²) >= 11 is 0. The summed E-state index contributed by atoms with van der Waals surface area (Å²) < 4.78 is 74.1. The quantitative estimate of drug-likeness (QED) is 0.284. The minimum absolute atomic E-state index is 0.0702. The summed E-state index contributed by atoms with van der Waals surface area (Å²) in [7, 11) is -6.94. The topological polar surface area (TPSA) is 150 Å². The Bertz CT molecular complexity index is 1230. The van der Waals surface area contributed by atoms with Gasteiger partial charge < -0.3 is 13.7 Å². The van der Waals surface area contributed by atoms with Crippen LogP contribution in [0.25, 0.3) is 0 Å². The standard InChI is InChI=1S/C22H26O10S2/c1-5-7-14-10-18(33(25,26)27)11-15(8-6-2)20(14)32-34(28,29)19-12-16(21(23)30-3)9-17(13-19)22(24)31-4/h9-13H,5-8H2,1-4H3,(H,25,26,27). The zero-order valence-electron chi connectivity index (χ0n) is 19.2. The van der Waals surface area contributed by atoms with E-state index in [1.165, 1.54) is 0 Å². The summed E-state index contributed by atoms with van der Waals surface area (Å²) in [6, 6.07) is 5.45. The SMILES string of the molecule is CCCc1cc(S(=O)(=O)O)cc(CCC)c1OS(=O)(=O)c1cc(C(=O)OC)cc(C(=O)OC)c1. The van der Waals surface area contributed by atoms with Crippen LogP contribution in [0, 0.1) is 0 Å². The first-order valence-corrected chi connectivity index (χ1v) is 13.1. The Kier molecular flexibility index (Phi) is 8.81. The van der Waals surface area contributed by atoms with Crippen molar-refractivity contribution in [1.82, 2.24) is 0 Å². The molecular weight excluding hydrogens is 488 g/mol. The highest BCUT2D eigenvalue weighted by Crippen LogP contribution is 2.33. The molecule has 0 aromatic heterocycles. The lowest BCUT2D eigenvalue weighted by atomic mass is 10.0. The smallest absolute Gasteiger partial charge is 0.339 e. The summed E-state index contributed by atoms with van der Waals surface area (Å²) in [6.07, 6.45) is 1.59. The third-order valence-electron chi connectivity index (χ3n) is 4.78. The fourth-order valence-corrected chi connectivity index (χ4v) is 4.92. The van der Waals surface area contributed by atoms with Gasteiger partial charge in [-0.15, -0.1) is 0 Å². The van der Waals surface area contributed by atoms with Crippen LogP contribution in [0.3, 0.4) is 0 Å². The van der Waals surface area contributed by atoms with Gasteiger partial charge in [0.05, 0.1) is 30.2 Å². The lowest BCUT2D eigenvalue weighted by Crippen LogP contribution is -2.16. The van der Waals surface area contributed by atoms with E-state index < -0.39 is 37.1 Å². The highest BCUT2D eigenvalue weighted by Gasteiger charge is 2.26. The summed E-state index contributed by atoms with van der Waals surface area (Å²) in [5.41, 5.74) is 0.109. The molecule has 0 saturated carbocycles. The molecule has 0 atom stereocenters. The Morgan fingerprint density at radius 3 is 1.56 bits per heavy atom. The second kappa shape index (κ2) is 11.0. The summed E-state index contributed by atoms with van der Waals surface area (Å²) in [6.45, 7) is 3.61. The van der Waals surface area contributed by atoms with Gasteiger partial charge in [-0.3, -0.25) is 4.55 Å². The maximum Gasteiger partial charge on any atom is 0.339 e. The van der Waals surface area contributed by atoms with Gasteiger partial charge in [-0.25, -0.2) is 9.59 Å². The van der Waals surface area contributed by atoms with E-state index in [1.54, 1.807) is 13.8 Å². The van der Waals surface area contributed by atoms with Gasteiger partial charge in [-0.05, 0) is 54.3 Å². The zero-order valence-corrected chi connectivity index (χ0v) is 20.8. The van der Waals surface area contributed by atoms with Gasteiger partial charge in [0.1, 0.15) is 10.6 Å². The second-order valence-corrected chi connectivity index (χ2v) is 10.3. The van der Waals surface area contributed by atoms with Gasteiger partial charge in [0.25, 0.3) is 10.1 Å². The molecule has 34 heavy (non-hydrogen) atoms. The van der Waals surface area contributed by atoms with Crippen LogP contribution in [-0.2, 0) is 42.6 Å². The van der Waals surface area contributed by atoms with Gasteiger partial charge in [0.15, 0.2) is 0 Å². The number of benzene rings is 2. The van der Waals surface area contributed by atoms with E-state index in [4.69, 9.17) is 4.18 Å². The normalized spacial score (nSPS) is 11.7. The molecule has 12 heteroatoms. The molecule has 186 valence electrons. The Labute approximate surface area is 198 Å². The van der Waals surface area contributed by atoms with Crippen molar-refractivity contribution >= 4 is 32.2 Å². The molecule has 0 radical (unpaired) electrons. The van der Waals surface area contributed by atoms with Crippen LogP contribution in [-0.4, -0.2) is 47.5 Å². The van der Waals surface area contributed by atoms with Crippen molar-refractivity contribution in [3.8, 4) is 5.75 Å². The van der Waals surface area contributed by atoms with Crippen LogP contribution in [0.2, 0.25) is 0 Å². The van der Waals surface area contributed by atoms with Crippen molar-refractivity contribution in [1.29, 1.82) is 0 Å². The number of aryl methyl sites for hydroxylation is 2. The Hall–Kier alpha value is -2.96. The average Bonchev–Trinajstić information content (AvgIpc) is 2.79. The number of carbonyl (C=O) groups excluding carboxylic acids is 2. The number of rotatable bonds is 10. The molecule has 1 N–H and O–H groups in total. The maximum absolute atomic E-state index is 13.2. The number of hydrogen-bond donors (Lipinski definition) is 1. The molecule has 2 aromatic carbocycles. The van der Waals surface area contributed by atoms with E-state index >= 15 is 0 Å². The van der Waals surface area contributed by atoms with Crippen LogP contribution in [0.15, 0.2) is 40.1 Å². The first kappa shape index (κ1) is 27.3. The average molecular weight is 515 g/mol. The molecule has 0 bridgehead atoms. The monoisotopic (exact) mass is 514 g/mol. The van der Waals surface area contributed by atoms with Crippen molar-refractivity contribution in [2.75, 3.05) is 14.2 Å². The van der Waals surface area contributed by atoms with Crippen LogP contribution >= 0.6 is 0 Å². The van der Waals surface area contributed by atoms with E-state index in [2.05, 4.69) is 9.47 Å². The molecular formula is C22H26O10S2. The van der Waals surface area contributed by atoms with E-state index in [0.29, 0.717) is 12.8 Å². The third kappa shape index (κ3) is 6.33. The van der Waals surface area contributed by atoms with E-state index in [0.717, 1.165) is 44.6 Å². The van der Waals surface area contributed by atoms with E-state index in [1.807, 2.05) is 0 Å². The first-order chi connectivity index (χ1) is 15.9. The van der Waals surface area contributed by atoms with Gasteiger partial charge in [-0.1, -0.05) is 26.7 Å². The predicted octanol–water partition coefficient (Wildman–Crippen LogP) is 3.18. The molecule has 0 saturated heterocycles. The Morgan fingerprint density at radius 1 is 0.765 bits per heavy atom. The van der Waals surface area contributed by atoms with Crippen molar-refractivity contribution in [3.05, 3.63) is 52.6 Å². The molecule has 2 aromatic rings. The summed E-state index contributed by atoms with van der Waals surface area (Å²) in [5, 5.41) is 0. The van der Waals surface area contributed by atoms with Gasteiger partial charge in [0.2, 0.25) is 0 Å². The Morgan fingerprint density at radius 2 is 1.21 bits per heavy atom. The van der Waals surface area contributed by atoms with Crippen molar-refractivity contribution in [3.63, 3.8) is 0 Å². The molecule has 0 aliphatic rings. The molecule has 0 aliphatic carbocycles. The Balaban J connectivity index is 2.72. The summed E-state index contributed by atoms with van der Waals surface area (Å²) in [5.74, 6) is -1.82. The molecule has 0 amide bonds. The number of ether oxygens (including phenoxy) is 2. The predicted molar refractivity (Wildman–Crippen MR) is 121 cm³/mol. The molecule has 0 fully saturated rings. The largest absolute Gasteiger partial charge is 0.465 e. The van der Waals surface area contributed by atoms with Gasteiger partial charge >= 0.3 is 22.1 Å².